The summed E-state index contributed by atoms with van der Waals surface area (Å²) < 4.78 is 19.9. The van der Waals surface area contributed by atoms with E-state index in [1.807, 2.05) is 51.1 Å². The zero-order valence-corrected chi connectivity index (χ0v) is 27.8. The zero-order chi connectivity index (χ0) is 34.5. The molecule has 2 aromatic rings. The number of carboxylic acids is 1. The molecule has 0 bridgehead atoms. The second-order valence-corrected chi connectivity index (χ2v) is 12.6. The van der Waals surface area contributed by atoms with Crippen molar-refractivity contribution in [2.24, 2.45) is 5.73 Å². The number of amidine groups is 1. The van der Waals surface area contributed by atoms with Gasteiger partial charge in [-0.2, -0.15) is 0 Å². The zero-order valence-electron chi connectivity index (χ0n) is 27.0. The number of aliphatic carboxylic acids is 1. The van der Waals surface area contributed by atoms with Crippen molar-refractivity contribution in [1.82, 2.24) is 20.7 Å². The van der Waals surface area contributed by atoms with Gasteiger partial charge < -0.3 is 31.5 Å². The summed E-state index contributed by atoms with van der Waals surface area (Å²) in [7, 11) is 0.228. The van der Waals surface area contributed by atoms with Crippen LogP contribution >= 0.6 is 0 Å². The number of nitrogens with two attached hydrogens (primary N) is 1. The Morgan fingerprint density at radius 1 is 0.935 bits per heavy atom. The molecule has 0 aliphatic carbocycles. The molecule has 1 unspecified atom stereocenters. The Morgan fingerprint density at radius 2 is 1.57 bits per heavy atom. The molecule has 0 radical (unpaired) electrons. The fourth-order valence-electron chi connectivity index (χ4n) is 3.56. The number of carbonyl (C=O) groups is 4. The number of unbranched alkanes of at least 4 members (excludes halogenated alkanes) is 1. The molecule has 0 saturated carbocycles. The van der Waals surface area contributed by atoms with Gasteiger partial charge in [-0.15, -0.1) is 0 Å². The number of carbonyl (C=O) groups excluding carboxylic acids is 3. The smallest absolute Gasteiger partial charge is 0.303 e. The lowest BCUT2D eigenvalue weighted by atomic mass is 10.1. The Labute approximate surface area is 273 Å². The standard InChI is InChI=1S/C27H36N6O6S.C5H12O/c28-26(29)21-11-9-19(10-12-21)16-31-27(38)22(8-4-5-15-30-23(34)13-14-25(36)37)33-24(35)17-32-40(39)18-20-6-2-1-3-7-20;1-5(2,3)6-4/h1-3,6-7,9-12,22,32H,4-5,8,13-18H2,(H3,28,29)(H,30,34)(H,31,38)(H,33,35)(H,36,37);1-4H3/t22-,40?;/m0./s1. The van der Waals surface area contributed by atoms with Crippen molar-refractivity contribution in [2.75, 3.05) is 20.2 Å². The van der Waals surface area contributed by atoms with Gasteiger partial charge in [-0.05, 0) is 51.2 Å². The minimum absolute atomic E-state index is 0.0417. The molecule has 2 rings (SSSR count). The maximum Gasteiger partial charge on any atom is 0.303 e. The monoisotopic (exact) mass is 660 g/mol. The number of hydrogen-bond donors (Lipinski definition) is 7. The van der Waals surface area contributed by atoms with Gasteiger partial charge in [0, 0.05) is 32.2 Å². The normalized spacial score (nSPS) is 12.1. The van der Waals surface area contributed by atoms with Crippen LogP contribution in [0.15, 0.2) is 54.6 Å². The SMILES string of the molecule is COC(C)(C)C.N=C(N)c1ccc(CNC(=O)[C@H](CCCCNC(=O)CCC(=O)O)NC(=O)CNS(=O)Cc2ccccc2)cc1. The summed E-state index contributed by atoms with van der Waals surface area (Å²) in [5.74, 6) is -2.13. The molecule has 2 aromatic carbocycles. The van der Waals surface area contributed by atoms with Crippen LogP contribution < -0.4 is 26.4 Å². The molecule has 0 fully saturated rings. The van der Waals surface area contributed by atoms with Gasteiger partial charge in [-0.3, -0.25) is 24.6 Å². The topological polar surface area (TPSA) is 213 Å². The molecule has 2 atom stereocenters. The van der Waals surface area contributed by atoms with E-state index in [-0.39, 0.29) is 49.0 Å². The van der Waals surface area contributed by atoms with Gasteiger partial charge >= 0.3 is 5.97 Å². The summed E-state index contributed by atoms with van der Waals surface area (Å²) in [5, 5.41) is 24.2. The first-order chi connectivity index (χ1) is 21.7. The number of benzene rings is 2. The highest BCUT2D eigenvalue weighted by Crippen LogP contribution is 2.06. The van der Waals surface area contributed by atoms with Crippen LogP contribution in [0.4, 0.5) is 0 Å². The van der Waals surface area contributed by atoms with Crippen LogP contribution in [0.2, 0.25) is 0 Å². The molecule has 8 N–H and O–H groups in total. The highest BCUT2D eigenvalue weighted by atomic mass is 32.2. The van der Waals surface area contributed by atoms with Crippen LogP contribution in [0.25, 0.3) is 0 Å². The Kier molecular flexibility index (Phi) is 18.7. The number of ether oxygens (including phenoxy) is 1. The first-order valence-corrected chi connectivity index (χ1v) is 16.2. The average molecular weight is 661 g/mol. The third kappa shape index (κ3) is 19.3. The van der Waals surface area contributed by atoms with E-state index < -0.39 is 34.8 Å². The molecule has 254 valence electrons. The van der Waals surface area contributed by atoms with Crippen LogP contribution in [0.3, 0.4) is 0 Å². The van der Waals surface area contributed by atoms with E-state index >= 15 is 0 Å². The highest BCUT2D eigenvalue weighted by Gasteiger charge is 2.21. The molecule has 0 spiro atoms. The Hall–Kier alpha value is -4.14. The molecule has 0 heterocycles. The summed E-state index contributed by atoms with van der Waals surface area (Å²) in [5.41, 5.74) is 7.71. The first-order valence-electron chi connectivity index (χ1n) is 14.9. The summed E-state index contributed by atoms with van der Waals surface area (Å²) in [6.45, 7) is 6.33. The molecule has 3 amide bonds. The molecule has 0 saturated heterocycles. The fourth-order valence-corrected chi connectivity index (χ4v) is 4.45. The number of amides is 3. The Balaban J connectivity index is 0.00000160. The summed E-state index contributed by atoms with van der Waals surface area (Å²) in [6.07, 6.45) is 0.950. The highest BCUT2D eigenvalue weighted by molar-refractivity contribution is 7.82. The predicted octanol–water partition coefficient (Wildman–Crippen LogP) is 2.11. The van der Waals surface area contributed by atoms with Gasteiger partial charge in [-0.25, -0.2) is 8.93 Å². The Bertz CT molecular complexity index is 1280. The minimum atomic E-state index is -1.48. The minimum Gasteiger partial charge on any atom is -0.481 e. The number of hydrogen-bond acceptors (Lipinski definition) is 7. The number of nitrogen functional groups attached to an aromatic ring is 1. The second-order valence-electron chi connectivity index (χ2n) is 11.3. The van der Waals surface area contributed by atoms with Crippen LogP contribution in [0.5, 0.6) is 0 Å². The van der Waals surface area contributed by atoms with E-state index in [0.717, 1.165) is 11.1 Å². The third-order valence-electron chi connectivity index (χ3n) is 6.34. The molecule has 0 aliphatic rings. The van der Waals surface area contributed by atoms with Crippen LogP contribution in [0, 0.1) is 5.41 Å². The summed E-state index contributed by atoms with van der Waals surface area (Å²) >= 11 is 0. The van der Waals surface area contributed by atoms with E-state index in [2.05, 4.69) is 20.7 Å². The van der Waals surface area contributed by atoms with Crippen molar-refractivity contribution >= 4 is 40.5 Å². The number of rotatable bonds is 18. The number of methoxy groups -OCH3 is 1. The lowest BCUT2D eigenvalue weighted by Crippen LogP contribution is -2.49. The van der Waals surface area contributed by atoms with Gasteiger partial charge in [0.2, 0.25) is 17.7 Å². The molecular weight excluding hydrogens is 612 g/mol. The predicted molar refractivity (Wildman–Crippen MR) is 178 cm³/mol. The van der Waals surface area contributed by atoms with Crippen molar-refractivity contribution in [3.05, 3.63) is 71.3 Å². The Morgan fingerprint density at radius 3 is 2.13 bits per heavy atom. The average Bonchev–Trinajstić information content (AvgIpc) is 3.01. The van der Waals surface area contributed by atoms with Gasteiger partial charge in [0.15, 0.2) is 0 Å². The van der Waals surface area contributed by atoms with Gasteiger partial charge in [0.1, 0.15) is 11.9 Å². The van der Waals surface area contributed by atoms with Crippen molar-refractivity contribution in [3.63, 3.8) is 0 Å². The van der Waals surface area contributed by atoms with E-state index in [1.54, 1.807) is 31.4 Å². The number of nitrogens with one attached hydrogen (secondary N) is 5. The maximum absolute atomic E-state index is 12.9. The van der Waals surface area contributed by atoms with E-state index in [4.69, 9.17) is 21.0 Å². The summed E-state index contributed by atoms with van der Waals surface area (Å²) in [6, 6.07) is 15.2. The van der Waals surface area contributed by atoms with Crippen molar-refractivity contribution in [3.8, 4) is 0 Å². The van der Waals surface area contributed by atoms with Crippen molar-refractivity contribution in [1.29, 1.82) is 5.41 Å². The lowest BCUT2D eigenvalue weighted by Gasteiger charge is -2.19. The second kappa shape index (κ2) is 21.6. The molecule has 13 nitrogen and oxygen atoms in total. The van der Waals surface area contributed by atoms with E-state index in [0.29, 0.717) is 31.4 Å². The van der Waals surface area contributed by atoms with Gasteiger partial charge in [0.25, 0.3) is 0 Å². The van der Waals surface area contributed by atoms with E-state index in [1.165, 1.54) is 0 Å². The fraction of sp³-hybridized carbons (Fsp3) is 0.469. The molecule has 0 aliphatic heterocycles. The van der Waals surface area contributed by atoms with Crippen LogP contribution in [0.1, 0.15) is 69.6 Å². The summed E-state index contributed by atoms with van der Waals surface area (Å²) in [4.78, 5) is 47.8. The molecule has 0 aromatic heterocycles. The van der Waals surface area contributed by atoms with Crippen molar-refractivity contribution < 1.29 is 33.2 Å². The third-order valence-corrected chi connectivity index (χ3v) is 7.40. The lowest BCUT2D eigenvalue weighted by molar-refractivity contribution is -0.138. The van der Waals surface area contributed by atoms with Crippen LogP contribution in [-0.4, -0.2) is 70.7 Å². The molecule has 14 heteroatoms. The largest absolute Gasteiger partial charge is 0.481 e. The van der Waals surface area contributed by atoms with Gasteiger partial charge in [-0.1, -0.05) is 54.6 Å². The molecular formula is C32H48N6O7S. The first kappa shape index (κ1) is 39.9. The quantitative estimate of drug-likeness (QED) is 0.0713. The van der Waals surface area contributed by atoms with Crippen molar-refractivity contribution in [2.45, 2.75) is 76.8 Å². The van der Waals surface area contributed by atoms with Crippen LogP contribution in [-0.2, 0) is 47.2 Å². The molecule has 46 heavy (non-hydrogen) atoms. The maximum atomic E-state index is 12.9. The van der Waals surface area contributed by atoms with Gasteiger partial charge in [0.05, 0.1) is 35.3 Å². The van der Waals surface area contributed by atoms with E-state index in [9.17, 15) is 23.4 Å². The number of carboxylic acid groups (broad SMARTS) is 1.